The van der Waals surface area contributed by atoms with Gasteiger partial charge in [-0.05, 0) is 12.1 Å². The summed E-state index contributed by atoms with van der Waals surface area (Å²) in [5, 5.41) is 18.9. The van der Waals surface area contributed by atoms with E-state index in [2.05, 4.69) is 0 Å². The van der Waals surface area contributed by atoms with Crippen molar-refractivity contribution in [1.82, 2.24) is 9.47 Å². The molecule has 2 aromatic rings. The molecule has 0 spiro atoms. The molecule has 0 saturated carbocycles. The normalized spacial score (nSPS) is 14.6. The van der Waals surface area contributed by atoms with Gasteiger partial charge >= 0.3 is 5.97 Å². The molecule has 2 amide bonds. The van der Waals surface area contributed by atoms with Crippen molar-refractivity contribution in [3.63, 3.8) is 0 Å². The van der Waals surface area contributed by atoms with E-state index in [1.54, 1.807) is 12.1 Å². The fraction of sp³-hybridized carbons (Fsp3) is 0.125. The fourth-order valence-electron chi connectivity index (χ4n) is 2.59. The zero-order valence-corrected chi connectivity index (χ0v) is 12.2. The number of amides is 2. The minimum atomic E-state index is -1.47. The number of pyridine rings is 1. The molecule has 0 bridgehead atoms. The summed E-state index contributed by atoms with van der Waals surface area (Å²) in [6.07, 6.45) is 2.33. The molecule has 8 nitrogen and oxygen atoms in total. The lowest BCUT2D eigenvalue weighted by Gasteiger charge is -2.23. The number of aromatic nitrogens is 1. The van der Waals surface area contributed by atoms with E-state index < -0.39 is 35.0 Å². The Bertz CT molecular complexity index is 882. The lowest BCUT2D eigenvalue weighted by Crippen LogP contribution is -2.47. The summed E-state index contributed by atoms with van der Waals surface area (Å²) >= 11 is 0. The molecule has 1 aromatic heterocycles. The van der Waals surface area contributed by atoms with Gasteiger partial charge in [0, 0.05) is 18.5 Å². The highest BCUT2D eigenvalue weighted by atomic mass is 16.4. The number of nitrogens with zero attached hydrogens (tertiary/aromatic N) is 2. The first-order chi connectivity index (χ1) is 11.4. The van der Waals surface area contributed by atoms with Gasteiger partial charge in [-0.3, -0.25) is 19.3 Å². The smallest absolute Gasteiger partial charge is 0.328 e. The number of carboxylic acids is 1. The van der Waals surface area contributed by atoms with Crippen LogP contribution < -0.4 is 5.43 Å². The minimum Gasteiger partial charge on any atom is -0.503 e. The largest absolute Gasteiger partial charge is 0.503 e. The maximum atomic E-state index is 12.4. The van der Waals surface area contributed by atoms with Gasteiger partial charge in [0.15, 0.2) is 11.8 Å². The van der Waals surface area contributed by atoms with Crippen molar-refractivity contribution in [2.75, 3.05) is 0 Å². The number of hydrogen-bond donors (Lipinski definition) is 2. The summed E-state index contributed by atoms with van der Waals surface area (Å²) in [6.45, 7) is -0.297. The molecule has 24 heavy (non-hydrogen) atoms. The van der Waals surface area contributed by atoms with Crippen molar-refractivity contribution in [2.45, 2.75) is 12.6 Å². The van der Waals surface area contributed by atoms with E-state index in [4.69, 9.17) is 0 Å². The lowest BCUT2D eigenvalue weighted by molar-refractivity contribution is -0.142. The Morgan fingerprint density at radius 2 is 1.62 bits per heavy atom. The monoisotopic (exact) mass is 328 g/mol. The Morgan fingerprint density at radius 1 is 1.04 bits per heavy atom. The third-order valence-electron chi connectivity index (χ3n) is 3.76. The Hall–Kier alpha value is -3.42. The predicted octanol–water partition coefficient (Wildman–Crippen LogP) is 0.303. The first-order valence-corrected chi connectivity index (χ1v) is 6.99. The van der Waals surface area contributed by atoms with Crippen molar-refractivity contribution < 1.29 is 24.6 Å². The van der Waals surface area contributed by atoms with Crippen molar-refractivity contribution >= 4 is 17.8 Å². The summed E-state index contributed by atoms with van der Waals surface area (Å²) in [5.74, 6) is -3.30. The molecule has 1 atom stereocenters. The van der Waals surface area contributed by atoms with Crippen LogP contribution in [0, 0.1) is 0 Å². The predicted molar refractivity (Wildman–Crippen MR) is 80.7 cm³/mol. The second kappa shape index (κ2) is 5.65. The van der Waals surface area contributed by atoms with Gasteiger partial charge in [-0.2, -0.15) is 0 Å². The Kier molecular flexibility index (Phi) is 3.64. The van der Waals surface area contributed by atoms with Crippen molar-refractivity contribution in [3.8, 4) is 5.75 Å². The number of rotatable bonds is 4. The average molecular weight is 328 g/mol. The molecule has 0 unspecified atom stereocenters. The van der Waals surface area contributed by atoms with Crippen LogP contribution in [0.15, 0.2) is 47.5 Å². The zero-order chi connectivity index (χ0) is 17.4. The molecule has 8 heteroatoms. The molecular formula is C16H12N2O6. The number of fused-ring (bicyclic) bond motifs is 1. The van der Waals surface area contributed by atoms with Crippen LogP contribution in [0.3, 0.4) is 0 Å². The molecule has 0 radical (unpaired) electrons. The quantitative estimate of drug-likeness (QED) is 0.780. The van der Waals surface area contributed by atoms with E-state index >= 15 is 0 Å². The van der Waals surface area contributed by atoms with E-state index in [1.165, 1.54) is 22.9 Å². The molecule has 2 N–H and O–H groups in total. The first-order valence-electron chi connectivity index (χ1n) is 6.99. The molecule has 0 saturated heterocycles. The number of carboxylic acid groups (broad SMARTS) is 1. The number of aliphatic carboxylic acids is 1. The molecular weight excluding hydrogens is 316 g/mol. The number of aromatic hydroxyl groups is 1. The summed E-state index contributed by atoms with van der Waals surface area (Å²) in [7, 11) is 0. The van der Waals surface area contributed by atoms with Crippen LogP contribution in [0.1, 0.15) is 20.7 Å². The van der Waals surface area contributed by atoms with Crippen LogP contribution in [0.25, 0.3) is 0 Å². The molecule has 122 valence electrons. The maximum absolute atomic E-state index is 12.4. The van der Waals surface area contributed by atoms with Gasteiger partial charge in [0.25, 0.3) is 11.8 Å². The third-order valence-corrected chi connectivity index (χ3v) is 3.76. The summed E-state index contributed by atoms with van der Waals surface area (Å²) in [6, 6.07) is 5.68. The van der Waals surface area contributed by atoms with Crippen LogP contribution in [0.5, 0.6) is 5.75 Å². The molecule has 0 fully saturated rings. The van der Waals surface area contributed by atoms with Crippen LogP contribution in [-0.2, 0) is 11.3 Å². The molecule has 1 aliphatic heterocycles. The highest BCUT2D eigenvalue weighted by molar-refractivity contribution is 6.22. The number of carbonyl (C=O) groups is 3. The molecule has 1 aliphatic rings. The van der Waals surface area contributed by atoms with Crippen molar-refractivity contribution in [3.05, 3.63) is 64.1 Å². The highest BCUT2D eigenvalue weighted by Crippen LogP contribution is 2.25. The minimum absolute atomic E-state index is 0.150. The third kappa shape index (κ3) is 2.43. The van der Waals surface area contributed by atoms with Crippen LogP contribution in [-0.4, -0.2) is 43.5 Å². The molecule has 0 aliphatic carbocycles. The van der Waals surface area contributed by atoms with E-state index in [9.17, 15) is 29.4 Å². The van der Waals surface area contributed by atoms with Crippen LogP contribution in [0.2, 0.25) is 0 Å². The highest BCUT2D eigenvalue weighted by Gasteiger charge is 2.42. The van der Waals surface area contributed by atoms with Crippen molar-refractivity contribution in [1.29, 1.82) is 0 Å². The van der Waals surface area contributed by atoms with Gasteiger partial charge in [-0.25, -0.2) is 4.79 Å². The van der Waals surface area contributed by atoms with E-state index in [-0.39, 0.29) is 17.7 Å². The number of imide groups is 1. The van der Waals surface area contributed by atoms with Gasteiger partial charge in [-0.1, -0.05) is 12.1 Å². The Labute approximate surface area is 135 Å². The summed E-state index contributed by atoms with van der Waals surface area (Å²) < 4.78 is 1.24. The number of carbonyl (C=O) groups excluding carboxylic acids is 2. The van der Waals surface area contributed by atoms with Gasteiger partial charge < -0.3 is 14.8 Å². The molecule has 2 heterocycles. The SMILES string of the molecule is O=C(O)[C@H](Cn1ccc(=O)c(O)c1)N1C(=O)c2ccccc2C1=O. The van der Waals surface area contributed by atoms with Crippen molar-refractivity contribution in [2.24, 2.45) is 0 Å². The number of hydrogen-bond acceptors (Lipinski definition) is 5. The van der Waals surface area contributed by atoms with Crippen LogP contribution >= 0.6 is 0 Å². The molecule has 1 aromatic carbocycles. The van der Waals surface area contributed by atoms with Gasteiger partial charge in [0.05, 0.1) is 17.7 Å². The lowest BCUT2D eigenvalue weighted by atomic mass is 10.1. The summed E-state index contributed by atoms with van der Waals surface area (Å²) in [5.41, 5.74) is -0.313. The summed E-state index contributed by atoms with van der Waals surface area (Å²) in [4.78, 5) is 48.3. The fourth-order valence-corrected chi connectivity index (χ4v) is 2.59. The van der Waals surface area contributed by atoms with E-state index in [0.717, 1.165) is 12.3 Å². The van der Waals surface area contributed by atoms with E-state index in [0.29, 0.717) is 4.90 Å². The molecule has 3 rings (SSSR count). The maximum Gasteiger partial charge on any atom is 0.328 e. The van der Waals surface area contributed by atoms with Gasteiger partial charge in [0.1, 0.15) is 0 Å². The van der Waals surface area contributed by atoms with E-state index in [1.807, 2.05) is 0 Å². The number of benzene rings is 1. The average Bonchev–Trinajstić information content (AvgIpc) is 2.80. The second-order valence-corrected chi connectivity index (χ2v) is 5.27. The van der Waals surface area contributed by atoms with Crippen LogP contribution in [0.4, 0.5) is 0 Å². The Balaban J connectivity index is 1.96. The first kappa shape index (κ1) is 15.5. The van der Waals surface area contributed by atoms with Gasteiger partial charge in [0.2, 0.25) is 5.43 Å². The zero-order valence-electron chi connectivity index (χ0n) is 12.2. The van der Waals surface area contributed by atoms with Gasteiger partial charge in [-0.15, -0.1) is 0 Å². The topological polar surface area (TPSA) is 117 Å². The second-order valence-electron chi connectivity index (χ2n) is 5.27. The standard InChI is InChI=1S/C16H12N2O6/c19-12-5-6-17(8-13(12)20)7-11(16(23)24)18-14(21)9-3-1-2-4-10(9)15(18)22/h1-6,8,11,20H,7H2,(H,23,24)/t11-/m0/s1. The Morgan fingerprint density at radius 3 is 2.12 bits per heavy atom.